The van der Waals surface area contributed by atoms with Gasteiger partial charge < -0.3 is 15.1 Å². The third kappa shape index (κ3) is 3.09. The Morgan fingerprint density at radius 2 is 2.07 bits per heavy atom. The monoisotopic (exact) mass is 229 g/mol. The van der Waals surface area contributed by atoms with E-state index in [4.69, 9.17) is 16.7 Å². The lowest BCUT2D eigenvalue weighted by Crippen LogP contribution is -2.27. The summed E-state index contributed by atoms with van der Waals surface area (Å²) in [6, 6.07) is 5.37. The standard InChI is InChI=1S/C11H16ClNO2/c1-2-13(5-6-14)11-7-10(12)4-3-9(11)8-15/h3-4,7,14-15H,2,5-6,8H2,1H3. The molecule has 84 valence electrons. The minimum absolute atomic E-state index is 0.0194. The number of benzene rings is 1. The van der Waals surface area contributed by atoms with E-state index in [2.05, 4.69) is 0 Å². The molecule has 0 unspecified atom stereocenters. The van der Waals surface area contributed by atoms with Gasteiger partial charge in [-0.15, -0.1) is 0 Å². The Morgan fingerprint density at radius 1 is 1.33 bits per heavy atom. The van der Waals surface area contributed by atoms with Crippen molar-refractivity contribution in [1.29, 1.82) is 0 Å². The predicted octanol–water partition coefficient (Wildman–Crippen LogP) is 1.65. The van der Waals surface area contributed by atoms with Crippen LogP contribution in [-0.4, -0.2) is 29.9 Å². The molecule has 0 heterocycles. The van der Waals surface area contributed by atoms with Crippen LogP contribution in [0.25, 0.3) is 0 Å². The van der Waals surface area contributed by atoms with Crippen molar-refractivity contribution < 1.29 is 10.2 Å². The molecule has 0 aliphatic carbocycles. The second-order valence-electron chi connectivity index (χ2n) is 3.23. The van der Waals surface area contributed by atoms with Gasteiger partial charge in [0.05, 0.1) is 13.2 Å². The predicted molar refractivity (Wildman–Crippen MR) is 62.3 cm³/mol. The van der Waals surface area contributed by atoms with E-state index >= 15 is 0 Å². The number of aliphatic hydroxyl groups excluding tert-OH is 2. The Balaban J connectivity index is 3.02. The van der Waals surface area contributed by atoms with Gasteiger partial charge in [0.15, 0.2) is 0 Å². The molecule has 0 fully saturated rings. The summed E-state index contributed by atoms with van der Waals surface area (Å²) in [4.78, 5) is 1.98. The maximum Gasteiger partial charge on any atom is 0.0702 e. The van der Waals surface area contributed by atoms with Gasteiger partial charge in [-0.1, -0.05) is 17.7 Å². The van der Waals surface area contributed by atoms with Gasteiger partial charge in [-0.3, -0.25) is 0 Å². The molecular weight excluding hydrogens is 214 g/mol. The zero-order chi connectivity index (χ0) is 11.3. The van der Waals surface area contributed by atoms with Crippen LogP contribution in [0.15, 0.2) is 18.2 Å². The first kappa shape index (κ1) is 12.3. The fraction of sp³-hybridized carbons (Fsp3) is 0.455. The van der Waals surface area contributed by atoms with Gasteiger partial charge in [-0.2, -0.15) is 0 Å². The zero-order valence-electron chi connectivity index (χ0n) is 8.78. The normalized spacial score (nSPS) is 10.4. The van der Waals surface area contributed by atoms with E-state index in [0.717, 1.165) is 17.8 Å². The van der Waals surface area contributed by atoms with Crippen molar-refractivity contribution in [3.63, 3.8) is 0 Å². The van der Waals surface area contributed by atoms with Crippen molar-refractivity contribution >= 4 is 17.3 Å². The number of rotatable bonds is 5. The lowest BCUT2D eigenvalue weighted by atomic mass is 10.1. The third-order valence-electron chi connectivity index (χ3n) is 2.31. The molecule has 0 amide bonds. The Labute approximate surface area is 94.9 Å². The lowest BCUT2D eigenvalue weighted by molar-refractivity contribution is 0.280. The molecular formula is C11H16ClNO2. The summed E-state index contributed by atoms with van der Waals surface area (Å²) in [5.74, 6) is 0. The number of hydrogen-bond acceptors (Lipinski definition) is 3. The highest BCUT2D eigenvalue weighted by molar-refractivity contribution is 6.30. The van der Waals surface area contributed by atoms with E-state index in [1.165, 1.54) is 0 Å². The smallest absolute Gasteiger partial charge is 0.0702 e. The van der Waals surface area contributed by atoms with Gasteiger partial charge >= 0.3 is 0 Å². The van der Waals surface area contributed by atoms with Crippen LogP contribution in [0.2, 0.25) is 5.02 Å². The second-order valence-corrected chi connectivity index (χ2v) is 3.67. The molecule has 0 saturated carbocycles. The van der Waals surface area contributed by atoms with Crippen molar-refractivity contribution in [2.45, 2.75) is 13.5 Å². The summed E-state index contributed by atoms with van der Waals surface area (Å²) in [5, 5.41) is 18.8. The second kappa shape index (κ2) is 5.95. The molecule has 1 rings (SSSR count). The molecule has 0 saturated heterocycles. The number of aliphatic hydroxyl groups is 2. The van der Waals surface area contributed by atoms with Crippen LogP contribution in [-0.2, 0) is 6.61 Å². The van der Waals surface area contributed by atoms with Crippen LogP contribution in [0.4, 0.5) is 5.69 Å². The number of halogens is 1. The molecule has 3 nitrogen and oxygen atoms in total. The van der Waals surface area contributed by atoms with E-state index in [-0.39, 0.29) is 13.2 Å². The van der Waals surface area contributed by atoms with Crippen molar-refractivity contribution in [3.05, 3.63) is 28.8 Å². The highest BCUT2D eigenvalue weighted by Gasteiger charge is 2.09. The fourth-order valence-corrected chi connectivity index (χ4v) is 1.70. The van der Waals surface area contributed by atoms with E-state index in [0.29, 0.717) is 11.6 Å². The SMILES string of the molecule is CCN(CCO)c1cc(Cl)ccc1CO. The third-order valence-corrected chi connectivity index (χ3v) is 2.55. The molecule has 15 heavy (non-hydrogen) atoms. The maximum absolute atomic E-state index is 9.19. The molecule has 1 aromatic carbocycles. The lowest BCUT2D eigenvalue weighted by Gasteiger charge is -2.24. The average molecular weight is 230 g/mol. The molecule has 2 N–H and O–H groups in total. The van der Waals surface area contributed by atoms with Gasteiger partial charge in [-0.05, 0) is 19.1 Å². The Hall–Kier alpha value is -0.770. The molecule has 0 spiro atoms. The van der Waals surface area contributed by atoms with Gasteiger partial charge in [0.25, 0.3) is 0 Å². The Morgan fingerprint density at radius 3 is 2.60 bits per heavy atom. The van der Waals surface area contributed by atoms with Crippen LogP contribution in [0.5, 0.6) is 0 Å². The van der Waals surface area contributed by atoms with Gasteiger partial charge in [0.2, 0.25) is 0 Å². The van der Waals surface area contributed by atoms with Crippen LogP contribution < -0.4 is 4.90 Å². The van der Waals surface area contributed by atoms with Crippen molar-refractivity contribution in [2.24, 2.45) is 0 Å². The van der Waals surface area contributed by atoms with Crippen LogP contribution >= 0.6 is 11.6 Å². The number of nitrogens with zero attached hydrogens (tertiary/aromatic N) is 1. The molecule has 0 atom stereocenters. The molecule has 0 radical (unpaired) electrons. The number of anilines is 1. The highest BCUT2D eigenvalue weighted by Crippen LogP contribution is 2.24. The first-order valence-corrected chi connectivity index (χ1v) is 5.35. The van der Waals surface area contributed by atoms with Crippen LogP contribution in [0, 0.1) is 0 Å². The summed E-state index contributed by atoms with van der Waals surface area (Å²) in [5.41, 5.74) is 1.72. The highest BCUT2D eigenvalue weighted by atomic mass is 35.5. The molecule has 1 aromatic rings. The topological polar surface area (TPSA) is 43.7 Å². The Kier molecular flexibility index (Phi) is 4.88. The molecule has 0 aliphatic heterocycles. The molecule has 0 aromatic heterocycles. The summed E-state index contributed by atoms with van der Waals surface area (Å²) < 4.78 is 0. The average Bonchev–Trinajstić information content (AvgIpc) is 2.26. The van der Waals surface area contributed by atoms with Gasteiger partial charge in [-0.25, -0.2) is 0 Å². The summed E-state index contributed by atoms with van der Waals surface area (Å²) in [6.45, 7) is 3.38. The summed E-state index contributed by atoms with van der Waals surface area (Å²) in [7, 11) is 0. The summed E-state index contributed by atoms with van der Waals surface area (Å²) >= 11 is 5.90. The quantitative estimate of drug-likeness (QED) is 0.807. The molecule has 0 aliphatic rings. The molecule has 0 bridgehead atoms. The molecule has 4 heteroatoms. The Bertz CT molecular complexity index is 317. The zero-order valence-corrected chi connectivity index (χ0v) is 9.54. The van der Waals surface area contributed by atoms with E-state index in [9.17, 15) is 5.11 Å². The first-order valence-electron chi connectivity index (χ1n) is 4.98. The number of hydrogen-bond donors (Lipinski definition) is 2. The summed E-state index contributed by atoms with van der Waals surface area (Å²) in [6.07, 6.45) is 0. The maximum atomic E-state index is 9.19. The first-order chi connectivity index (χ1) is 7.22. The van der Waals surface area contributed by atoms with E-state index in [1.807, 2.05) is 17.9 Å². The van der Waals surface area contributed by atoms with Crippen molar-refractivity contribution in [1.82, 2.24) is 0 Å². The van der Waals surface area contributed by atoms with Crippen LogP contribution in [0.3, 0.4) is 0 Å². The fourth-order valence-electron chi connectivity index (χ4n) is 1.53. The minimum Gasteiger partial charge on any atom is -0.395 e. The minimum atomic E-state index is -0.0194. The van der Waals surface area contributed by atoms with E-state index < -0.39 is 0 Å². The van der Waals surface area contributed by atoms with Crippen molar-refractivity contribution in [3.8, 4) is 0 Å². The van der Waals surface area contributed by atoms with Crippen LogP contribution in [0.1, 0.15) is 12.5 Å². The largest absolute Gasteiger partial charge is 0.395 e. The van der Waals surface area contributed by atoms with Gasteiger partial charge in [0.1, 0.15) is 0 Å². The number of likely N-dealkylation sites (N-methyl/N-ethyl adjacent to an activating group) is 1. The van der Waals surface area contributed by atoms with Crippen molar-refractivity contribution in [2.75, 3.05) is 24.6 Å². The van der Waals surface area contributed by atoms with E-state index in [1.54, 1.807) is 12.1 Å². The van der Waals surface area contributed by atoms with Gasteiger partial charge in [0, 0.05) is 29.4 Å².